The molecule has 0 aromatic heterocycles. The third-order valence-electron chi connectivity index (χ3n) is 3.19. The fourth-order valence-corrected chi connectivity index (χ4v) is 1.78. The molecule has 1 aliphatic carbocycles. The van der Waals surface area contributed by atoms with Crippen LogP contribution in [-0.2, 0) is 4.79 Å². The molecule has 2 N–H and O–H groups in total. The lowest BCUT2D eigenvalue weighted by Crippen LogP contribution is -2.25. The van der Waals surface area contributed by atoms with Crippen molar-refractivity contribution in [1.29, 1.82) is 0 Å². The van der Waals surface area contributed by atoms with Crippen LogP contribution in [0, 0.1) is 11.3 Å². The van der Waals surface area contributed by atoms with Gasteiger partial charge in [-0.05, 0) is 24.7 Å². The molecule has 1 atom stereocenters. The van der Waals surface area contributed by atoms with Gasteiger partial charge in [0, 0.05) is 6.42 Å². The number of hydrogen-bond donors (Lipinski definition) is 1. The number of nitrogens with two attached hydrogens (primary N) is 1. The van der Waals surface area contributed by atoms with Gasteiger partial charge in [-0.25, -0.2) is 0 Å². The normalized spacial score (nSPS) is 26.9. The summed E-state index contributed by atoms with van der Waals surface area (Å²) in [6.07, 6.45) is 3.73. The van der Waals surface area contributed by atoms with E-state index >= 15 is 0 Å². The first kappa shape index (κ1) is 9.30. The maximum Gasteiger partial charge on any atom is 0.217 e. The third-order valence-corrected chi connectivity index (χ3v) is 3.19. The van der Waals surface area contributed by atoms with Crippen LogP contribution in [0.15, 0.2) is 11.6 Å². The van der Waals surface area contributed by atoms with Crippen molar-refractivity contribution >= 4 is 5.91 Å². The van der Waals surface area contributed by atoms with Crippen LogP contribution in [0.1, 0.15) is 33.6 Å². The van der Waals surface area contributed by atoms with Crippen molar-refractivity contribution in [1.82, 2.24) is 0 Å². The molecule has 1 amide bonds. The molecule has 2 heteroatoms. The summed E-state index contributed by atoms with van der Waals surface area (Å²) in [4.78, 5) is 10.7. The van der Waals surface area contributed by atoms with Crippen LogP contribution < -0.4 is 5.73 Å². The van der Waals surface area contributed by atoms with Crippen LogP contribution in [0.5, 0.6) is 0 Å². The molecule has 2 nitrogen and oxygen atoms in total. The van der Waals surface area contributed by atoms with Gasteiger partial charge in [-0.3, -0.25) is 4.79 Å². The molecule has 1 rings (SSSR count). The minimum absolute atomic E-state index is 0.162. The lowest BCUT2D eigenvalue weighted by molar-refractivity contribution is -0.119. The second-order valence-electron chi connectivity index (χ2n) is 4.21. The number of primary amides is 1. The van der Waals surface area contributed by atoms with Crippen molar-refractivity contribution in [3.8, 4) is 0 Å². The summed E-state index contributed by atoms with van der Waals surface area (Å²) in [6.45, 7) is 6.49. The van der Waals surface area contributed by atoms with Gasteiger partial charge in [-0.15, -0.1) is 0 Å². The predicted molar refractivity (Wildman–Crippen MR) is 49.5 cm³/mol. The monoisotopic (exact) mass is 167 g/mol. The summed E-state index contributed by atoms with van der Waals surface area (Å²) in [6, 6.07) is 0. The molecule has 0 saturated heterocycles. The maximum atomic E-state index is 10.7. The molecule has 12 heavy (non-hydrogen) atoms. The Kier molecular flexibility index (Phi) is 2.27. The van der Waals surface area contributed by atoms with E-state index in [4.69, 9.17) is 5.73 Å². The molecule has 0 spiro atoms. The summed E-state index contributed by atoms with van der Waals surface area (Å²) in [5.74, 6) is 0.228. The lowest BCUT2D eigenvalue weighted by atomic mass is 9.76. The van der Waals surface area contributed by atoms with Crippen LogP contribution >= 0.6 is 0 Å². The predicted octanol–water partition coefficient (Wildman–Crippen LogP) is 1.85. The number of hydrogen-bond acceptors (Lipinski definition) is 1. The van der Waals surface area contributed by atoms with E-state index in [1.54, 1.807) is 0 Å². The number of amides is 1. The van der Waals surface area contributed by atoms with Crippen LogP contribution in [-0.4, -0.2) is 5.91 Å². The van der Waals surface area contributed by atoms with E-state index in [2.05, 4.69) is 26.8 Å². The van der Waals surface area contributed by atoms with Crippen LogP contribution in [0.2, 0.25) is 0 Å². The van der Waals surface area contributed by atoms with Crippen LogP contribution in [0.4, 0.5) is 0 Å². The summed E-state index contributed by atoms with van der Waals surface area (Å²) in [5, 5.41) is 0. The minimum Gasteiger partial charge on any atom is -0.370 e. The molecule has 0 radical (unpaired) electrons. The zero-order valence-corrected chi connectivity index (χ0v) is 8.05. The second-order valence-corrected chi connectivity index (χ2v) is 4.21. The summed E-state index contributed by atoms with van der Waals surface area (Å²) in [7, 11) is 0. The van der Waals surface area contributed by atoms with Gasteiger partial charge in [-0.2, -0.15) is 0 Å². The van der Waals surface area contributed by atoms with E-state index < -0.39 is 0 Å². The van der Waals surface area contributed by atoms with Crippen molar-refractivity contribution in [2.75, 3.05) is 0 Å². The lowest BCUT2D eigenvalue weighted by Gasteiger charge is -2.28. The second kappa shape index (κ2) is 2.92. The first-order valence-electron chi connectivity index (χ1n) is 4.40. The average Bonchev–Trinajstić information content (AvgIpc) is 2.15. The van der Waals surface area contributed by atoms with Gasteiger partial charge in [-0.1, -0.05) is 25.5 Å². The molecule has 0 saturated carbocycles. The molecule has 0 unspecified atom stereocenters. The highest BCUT2D eigenvalue weighted by atomic mass is 16.1. The van der Waals surface area contributed by atoms with Gasteiger partial charge in [0.25, 0.3) is 0 Å². The van der Waals surface area contributed by atoms with E-state index in [1.807, 2.05) is 0 Å². The maximum absolute atomic E-state index is 10.7. The Bertz CT molecular complexity index is 228. The number of allylic oxidation sites excluding steroid dienone is 2. The third kappa shape index (κ3) is 1.52. The zero-order valence-electron chi connectivity index (χ0n) is 8.05. The van der Waals surface area contributed by atoms with E-state index in [-0.39, 0.29) is 11.3 Å². The summed E-state index contributed by atoms with van der Waals surface area (Å²) >= 11 is 0. The smallest absolute Gasteiger partial charge is 0.217 e. The quantitative estimate of drug-likeness (QED) is 0.627. The fraction of sp³-hybridized carbons (Fsp3) is 0.700. The topological polar surface area (TPSA) is 43.1 Å². The Hall–Kier alpha value is -0.790. The van der Waals surface area contributed by atoms with Crippen molar-refractivity contribution in [3.05, 3.63) is 11.6 Å². The van der Waals surface area contributed by atoms with E-state index in [0.717, 1.165) is 6.42 Å². The Morgan fingerprint density at radius 1 is 1.75 bits per heavy atom. The molecular formula is C10H17NO. The Morgan fingerprint density at radius 3 is 2.67 bits per heavy atom. The highest BCUT2D eigenvalue weighted by molar-refractivity contribution is 5.74. The molecule has 1 aliphatic rings. The number of carbonyl (C=O) groups is 1. The van der Waals surface area contributed by atoms with E-state index in [0.29, 0.717) is 12.3 Å². The van der Waals surface area contributed by atoms with E-state index in [9.17, 15) is 4.79 Å². The van der Waals surface area contributed by atoms with E-state index in [1.165, 1.54) is 5.57 Å². The van der Waals surface area contributed by atoms with Gasteiger partial charge in [0.2, 0.25) is 5.91 Å². The highest BCUT2D eigenvalue weighted by Gasteiger charge is 2.35. The first-order chi connectivity index (χ1) is 5.44. The van der Waals surface area contributed by atoms with Crippen molar-refractivity contribution < 1.29 is 4.79 Å². The standard InChI is InChI=1S/C10H17NO/c1-7-4-5-8(6-9(11)12)10(7,2)3/h4,8H,5-6H2,1-3H3,(H2,11,12)/t8-/m0/s1. The summed E-state index contributed by atoms with van der Waals surface area (Å²) in [5.41, 5.74) is 6.72. The zero-order chi connectivity index (χ0) is 9.35. The molecular weight excluding hydrogens is 150 g/mol. The molecule has 0 aromatic carbocycles. The SMILES string of the molecule is CC1=CC[C@@H](CC(N)=O)C1(C)C. The molecule has 0 aromatic rings. The van der Waals surface area contributed by atoms with Crippen molar-refractivity contribution in [2.45, 2.75) is 33.6 Å². The minimum atomic E-state index is -0.184. The van der Waals surface area contributed by atoms with Crippen molar-refractivity contribution in [2.24, 2.45) is 17.1 Å². The molecule has 0 bridgehead atoms. The Balaban J connectivity index is 2.67. The fourth-order valence-electron chi connectivity index (χ4n) is 1.78. The average molecular weight is 167 g/mol. The van der Waals surface area contributed by atoms with Gasteiger partial charge in [0.15, 0.2) is 0 Å². The van der Waals surface area contributed by atoms with Crippen molar-refractivity contribution in [3.63, 3.8) is 0 Å². The molecule has 0 heterocycles. The van der Waals surface area contributed by atoms with Crippen LogP contribution in [0.3, 0.4) is 0 Å². The van der Waals surface area contributed by atoms with Crippen LogP contribution in [0.25, 0.3) is 0 Å². The Morgan fingerprint density at radius 2 is 2.33 bits per heavy atom. The van der Waals surface area contributed by atoms with Gasteiger partial charge in [0.1, 0.15) is 0 Å². The highest BCUT2D eigenvalue weighted by Crippen LogP contribution is 2.44. The molecule has 0 fully saturated rings. The summed E-state index contributed by atoms with van der Waals surface area (Å²) < 4.78 is 0. The number of carbonyl (C=O) groups excluding carboxylic acids is 1. The van der Waals surface area contributed by atoms with Gasteiger partial charge in [0.05, 0.1) is 0 Å². The molecule has 68 valence electrons. The first-order valence-corrected chi connectivity index (χ1v) is 4.40. The van der Waals surface area contributed by atoms with Gasteiger partial charge >= 0.3 is 0 Å². The van der Waals surface area contributed by atoms with Gasteiger partial charge < -0.3 is 5.73 Å². The molecule has 0 aliphatic heterocycles. The number of rotatable bonds is 2. The largest absolute Gasteiger partial charge is 0.370 e. The Labute approximate surface area is 73.8 Å².